The molecule has 1 atom stereocenters. The molecule has 1 unspecified atom stereocenters. The van der Waals surface area contributed by atoms with Gasteiger partial charge >= 0.3 is 5.97 Å². The number of carboxylic acid groups (broad SMARTS) is 1. The number of benzene rings is 2. The second-order valence-electron chi connectivity index (χ2n) is 14.7. The van der Waals surface area contributed by atoms with E-state index in [1.54, 1.807) is 26.4 Å². The topological polar surface area (TPSA) is 193 Å². The van der Waals surface area contributed by atoms with E-state index in [9.17, 15) is 30.7 Å². The van der Waals surface area contributed by atoms with Crippen LogP contribution < -0.4 is 14.8 Å². The van der Waals surface area contributed by atoms with Crippen molar-refractivity contribution < 1.29 is 54.5 Å². The normalized spacial score (nSPS) is 16.6. The summed E-state index contributed by atoms with van der Waals surface area (Å²) in [5.41, 5.74) is 2.58. The van der Waals surface area contributed by atoms with Crippen molar-refractivity contribution in [2.45, 2.75) is 76.5 Å². The number of anilines is 1. The molecule has 0 bridgehead atoms. The van der Waals surface area contributed by atoms with Crippen LogP contribution in [0.2, 0.25) is 0 Å². The number of aliphatic carboxylic acids is 1. The molecule has 0 saturated carbocycles. The van der Waals surface area contributed by atoms with Crippen molar-refractivity contribution in [3.05, 3.63) is 82.6 Å². The second kappa shape index (κ2) is 20.7. The standard InChI is InChI=1S/C39H52N2O12S2.C2H6/c1-38(2,3)32-26-29(53-35-25-28(11-13-31(32)35)40(17-21-50-5)18-22-51-6)9-7-10-36-39(4,16-8-24-54(44,45)46)33-27-30(55(47,48)49)12-14-34(33)41(36)19-23-52-20-15-37(42)43;1-2/h7,9-14,25-27H,8,15-24H2,1-6H3,(H2-,42,43,44,45,46,47,48,49);1-2H3/p+1. The van der Waals surface area contributed by atoms with Crippen molar-refractivity contribution in [2.24, 2.45) is 0 Å². The first kappa shape index (κ1) is 47.5. The van der Waals surface area contributed by atoms with Gasteiger partial charge in [-0.25, -0.2) is 4.58 Å². The number of ether oxygens (including phenoxy) is 3. The monoisotopic (exact) mass is 835 g/mol. The summed E-state index contributed by atoms with van der Waals surface area (Å²) < 4.78 is 92.4. The Bertz CT molecular complexity index is 2140. The predicted octanol–water partition coefficient (Wildman–Crippen LogP) is 5.85. The van der Waals surface area contributed by atoms with Gasteiger partial charge in [-0.3, -0.25) is 13.9 Å². The minimum atomic E-state index is -4.59. The second-order valence-corrected chi connectivity index (χ2v) is 17.7. The summed E-state index contributed by atoms with van der Waals surface area (Å²) in [6, 6.07) is 12.3. The van der Waals surface area contributed by atoms with E-state index < -0.39 is 37.4 Å². The Morgan fingerprint density at radius 1 is 0.947 bits per heavy atom. The Labute approximate surface area is 337 Å². The lowest BCUT2D eigenvalue weighted by atomic mass is 9.77. The summed E-state index contributed by atoms with van der Waals surface area (Å²) in [5.74, 6) is -0.272. The minimum absolute atomic E-state index is 0.0138. The summed E-state index contributed by atoms with van der Waals surface area (Å²) in [6.45, 7) is 14.9. The Balaban J connectivity index is 0.00000428. The first-order valence-electron chi connectivity index (χ1n) is 19.0. The molecule has 1 aromatic rings. The van der Waals surface area contributed by atoms with E-state index >= 15 is 0 Å². The smallest absolute Gasteiger partial charge is 0.305 e. The fourth-order valence-corrected chi connectivity index (χ4v) is 7.84. The highest BCUT2D eigenvalue weighted by Crippen LogP contribution is 2.51. The number of carbonyl (C=O) groups is 1. The van der Waals surface area contributed by atoms with Crippen LogP contribution in [0.25, 0.3) is 17.4 Å². The maximum atomic E-state index is 12.2. The molecular weight excluding hydrogens is 777 g/mol. The molecule has 0 saturated heterocycles. The first-order valence-corrected chi connectivity index (χ1v) is 22.0. The molecular formula is C41H59N2O12S2+. The number of methoxy groups -OCH3 is 2. The molecule has 16 heteroatoms. The third kappa shape index (κ3) is 13.1. The van der Waals surface area contributed by atoms with Crippen molar-refractivity contribution in [1.82, 2.24) is 4.58 Å². The van der Waals surface area contributed by atoms with E-state index in [4.69, 9.17) is 23.7 Å². The minimum Gasteiger partial charge on any atom is -0.481 e. The molecule has 2 heterocycles. The number of allylic oxidation sites excluding steroid dienone is 3. The molecule has 14 nitrogen and oxygen atoms in total. The number of rotatable bonds is 19. The molecule has 57 heavy (non-hydrogen) atoms. The highest BCUT2D eigenvalue weighted by molar-refractivity contribution is 7.86. The van der Waals surface area contributed by atoms with Gasteiger partial charge in [0, 0.05) is 49.2 Å². The van der Waals surface area contributed by atoms with Crippen LogP contribution in [0.3, 0.4) is 0 Å². The van der Waals surface area contributed by atoms with E-state index in [-0.39, 0.29) is 49.3 Å². The van der Waals surface area contributed by atoms with Gasteiger partial charge < -0.3 is 28.6 Å². The Kier molecular flexibility index (Phi) is 17.2. The molecule has 3 aliphatic rings. The predicted molar refractivity (Wildman–Crippen MR) is 221 cm³/mol. The van der Waals surface area contributed by atoms with Gasteiger partial charge in [-0.2, -0.15) is 16.8 Å². The number of hydrogen-bond donors (Lipinski definition) is 3. The zero-order valence-electron chi connectivity index (χ0n) is 34.3. The maximum absolute atomic E-state index is 12.2. The van der Waals surface area contributed by atoms with Gasteiger partial charge in [0.1, 0.15) is 24.7 Å². The van der Waals surface area contributed by atoms with E-state index in [1.807, 2.05) is 50.0 Å². The van der Waals surface area contributed by atoms with Gasteiger partial charge in [0.05, 0.1) is 36.3 Å². The lowest BCUT2D eigenvalue weighted by molar-refractivity contribution is -0.138. The first-order chi connectivity index (χ1) is 26.8. The molecule has 0 amide bonds. The molecule has 1 aliphatic carbocycles. The Morgan fingerprint density at radius 2 is 1.61 bits per heavy atom. The molecule has 316 valence electrons. The van der Waals surface area contributed by atoms with Crippen LogP contribution >= 0.6 is 0 Å². The van der Waals surface area contributed by atoms with Crippen LogP contribution in [0.4, 0.5) is 5.69 Å². The third-order valence-electron chi connectivity index (χ3n) is 9.59. The van der Waals surface area contributed by atoms with Gasteiger partial charge in [-0.1, -0.05) is 40.7 Å². The van der Waals surface area contributed by atoms with Crippen LogP contribution in [0.15, 0.2) is 69.6 Å². The molecule has 0 spiro atoms. The maximum Gasteiger partial charge on any atom is 0.305 e. The van der Waals surface area contributed by atoms with E-state index in [0.29, 0.717) is 54.8 Å². The number of carboxylic acids is 1. The Hall–Kier alpha value is -3.90. The van der Waals surface area contributed by atoms with Crippen molar-refractivity contribution in [3.63, 3.8) is 0 Å². The molecule has 0 fully saturated rings. The van der Waals surface area contributed by atoms with Crippen molar-refractivity contribution in [1.29, 1.82) is 0 Å². The van der Waals surface area contributed by atoms with E-state index in [2.05, 4.69) is 37.5 Å². The zero-order chi connectivity index (χ0) is 42.6. The fraction of sp³-hybridized carbons (Fsp3) is 0.512. The highest BCUT2D eigenvalue weighted by atomic mass is 32.2. The Morgan fingerprint density at radius 3 is 2.19 bits per heavy atom. The number of fused-ring (bicyclic) bond motifs is 2. The lowest BCUT2D eigenvalue weighted by Crippen LogP contribution is -2.35. The van der Waals surface area contributed by atoms with Crippen molar-refractivity contribution in [2.75, 3.05) is 70.9 Å². The summed E-state index contributed by atoms with van der Waals surface area (Å²) >= 11 is 0. The SMILES string of the molecule is CC.COCC[N+](CCOC)=c1ccc2c(C(C)(C)C)cc(/C=C/C=C3/N(CCOCCC(=O)O)c4ccc(S(=O)(=O)O)cc4C3(C)CCCS(=O)(=O)O)oc-2c1. The highest BCUT2D eigenvalue weighted by Gasteiger charge is 2.43. The summed E-state index contributed by atoms with van der Waals surface area (Å²) in [6.07, 6.45) is 5.49. The summed E-state index contributed by atoms with van der Waals surface area (Å²) in [5, 5.41) is 10.00. The molecule has 4 rings (SSSR count). The van der Waals surface area contributed by atoms with Gasteiger partial charge in [0.2, 0.25) is 5.36 Å². The average molecular weight is 836 g/mol. The zero-order valence-corrected chi connectivity index (χ0v) is 35.9. The summed E-state index contributed by atoms with van der Waals surface area (Å²) in [4.78, 5) is 12.6. The number of hydrogen-bond acceptors (Lipinski definition) is 10. The van der Waals surface area contributed by atoms with Crippen LogP contribution in [0, 0.1) is 0 Å². The van der Waals surface area contributed by atoms with Crippen molar-refractivity contribution >= 4 is 38.0 Å². The van der Waals surface area contributed by atoms with Crippen LogP contribution in [0.1, 0.15) is 77.7 Å². The molecule has 2 aliphatic heterocycles. The largest absolute Gasteiger partial charge is 0.481 e. The molecule has 1 aromatic carbocycles. The van der Waals surface area contributed by atoms with E-state index in [1.165, 1.54) is 12.1 Å². The van der Waals surface area contributed by atoms with Gasteiger partial charge in [-0.05, 0) is 78.8 Å². The summed E-state index contributed by atoms with van der Waals surface area (Å²) in [7, 11) is -5.56. The molecule has 0 radical (unpaired) electrons. The average Bonchev–Trinajstić information content (AvgIpc) is 3.36. The third-order valence-corrected chi connectivity index (χ3v) is 11.2. The van der Waals surface area contributed by atoms with Gasteiger partial charge in [0.25, 0.3) is 20.2 Å². The van der Waals surface area contributed by atoms with Gasteiger partial charge in [-0.15, -0.1) is 0 Å². The van der Waals surface area contributed by atoms with E-state index in [0.717, 1.165) is 16.5 Å². The number of nitrogens with zero attached hydrogens (tertiary/aromatic N) is 2. The molecule has 0 aromatic heterocycles. The fourth-order valence-electron chi connectivity index (χ4n) is 6.82. The lowest BCUT2D eigenvalue weighted by Gasteiger charge is -2.30. The van der Waals surface area contributed by atoms with Crippen LogP contribution in [-0.2, 0) is 50.1 Å². The quantitative estimate of drug-likeness (QED) is 0.0740. The molecule has 3 N–H and O–H groups in total. The van der Waals surface area contributed by atoms with Gasteiger partial charge in [0.15, 0.2) is 13.1 Å². The van der Waals surface area contributed by atoms with Crippen LogP contribution in [-0.4, -0.2) is 103 Å². The van der Waals surface area contributed by atoms with Crippen molar-refractivity contribution in [3.8, 4) is 11.3 Å². The van der Waals surface area contributed by atoms with Crippen LogP contribution in [0.5, 0.6) is 0 Å².